The zero-order valence-corrected chi connectivity index (χ0v) is 11.1. The summed E-state index contributed by atoms with van der Waals surface area (Å²) in [6.45, 7) is 2.42. The van der Waals surface area contributed by atoms with E-state index in [1.165, 1.54) is 12.8 Å². The van der Waals surface area contributed by atoms with Crippen molar-refractivity contribution in [1.82, 2.24) is 9.88 Å². The third kappa shape index (κ3) is 2.41. The van der Waals surface area contributed by atoms with Gasteiger partial charge >= 0.3 is 0 Å². The normalized spacial score (nSPS) is 23.9. The van der Waals surface area contributed by atoms with E-state index in [1.807, 2.05) is 7.05 Å². The van der Waals surface area contributed by atoms with Gasteiger partial charge in [-0.15, -0.1) is 0 Å². The molecule has 5 nitrogen and oxygen atoms in total. The number of hydrogen-bond acceptors (Lipinski definition) is 4. The average Bonchev–Trinajstić information content (AvgIpc) is 2.83. The molecule has 1 amide bonds. The predicted molar refractivity (Wildman–Crippen MR) is 68.1 cm³/mol. The van der Waals surface area contributed by atoms with E-state index in [0.717, 1.165) is 19.3 Å². The second-order valence-corrected chi connectivity index (χ2v) is 5.03. The van der Waals surface area contributed by atoms with Crippen molar-refractivity contribution in [1.29, 1.82) is 0 Å². The maximum absolute atomic E-state index is 12.3. The van der Waals surface area contributed by atoms with Crippen LogP contribution in [-0.4, -0.2) is 35.4 Å². The van der Waals surface area contributed by atoms with Crippen molar-refractivity contribution in [3.05, 3.63) is 17.8 Å². The first kappa shape index (κ1) is 13.1. The number of amides is 1. The maximum atomic E-state index is 12.3. The van der Waals surface area contributed by atoms with Crippen molar-refractivity contribution in [3.63, 3.8) is 0 Å². The second-order valence-electron chi connectivity index (χ2n) is 5.03. The number of rotatable bonds is 3. The molecular weight excluding hydrogens is 230 g/mol. The molecule has 1 saturated carbocycles. The van der Waals surface area contributed by atoms with Crippen LogP contribution in [0.4, 0.5) is 0 Å². The Bertz CT molecular complexity index is 416. The first-order chi connectivity index (χ1) is 8.65. The Morgan fingerprint density at radius 1 is 1.56 bits per heavy atom. The molecule has 2 rings (SSSR count). The lowest BCUT2D eigenvalue weighted by Gasteiger charge is -2.37. The lowest BCUT2D eigenvalue weighted by Crippen LogP contribution is -2.46. The Morgan fingerprint density at radius 3 is 2.89 bits per heavy atom. The molecule has 0 spiro atoms. The standard InChI is InChI=1S/C13H21N3O2/c1-9-12(18-8-15-9)13(17)16(2)11-6-4-3-5-10(11)7-14/h8,10-11H,3-7,14H2,1-2H3. The Hall–Kier alpha value is -1.36. The lowest BCUT2D eigenvalue weighted by atomic mass is 9.83. The third-order valence-corrected chi connectivity index (χ3v) is 3.93. The first-order valence-corrected chi connectivity index (χ1v) is 6.52. The quantitative estimate of drug-likeness (QED) is 0.885. The fourth-order valence-electron chi connectivity index (χ4n) is 2.79. The molecule has 1 aliphatic rings. The van der Waals surface area contributed by atoms with Gasteiger partial charge < -0.3 is 15.1 Å². The smallest absolute Gasteiger partial charge is 0.291 e. The largest absolute Gasteiger partial charge is 0.438 e. The molecule has 18 heavy (non-hydrogen) atoms. The van der Waals surface area contributed by atoms with Gasteiger partial charge in [0.1, 0.15) is 0 Å². The first-order valence-electron chi connectivity index (χ1n) is 6.52. The van der Waals surface area contributed by atoms with Crippen LogP contribution in [0.15, 0.2) is 10.8 Å². The Balaban J connectivity index is 2.12. The van der Waals surface area contributed by atoms with Gasteiger partial charge in [0.05, 0.1) is 5.69 Å². The SMILES string of the molecule is Cc1ncoc1C(=O)N(C)C1CCCCC1CN. The Morgan fingerprint density at radius 2 is 2.28 bits per heavy atom. The van der Waals surface area contributed by atoms with Crippen LogP contribution in [0.3, 0.4) is 0 Å². The third-order valence-electron chi connectivity index (χ3n) is 3.93. The lowest BCUT2D eigenvalue weighted by molar-refractivity contribution is 0.0588. The molecule has 100 valence electrons. The topological polar surface area (TPSA) is 72.4 Å². The van der Waals surface area contributed by atoms with Crippen LogP contribution in [-0.2, 0) is 0 Å². The summed E-state index contributed by atoms with van der Waals surface area (Å²) in [4.78, 5) is 18.1. The van der Waals surface area contributed by atoms with Crippen LogP contribution in [0.5, 0.6) is 0 Å². The van der Waals surface area contributed by atoms with E-state index in [1.54, 1.807) is 11.8 Å². The predicted octanol–water partition coefficient (Wildman–Crippen LogP) is 1.57. The van der Waals surface area contributed by atoms with Gasteiger partial charge in [-0.2, -0.15) is 0 Å². The summed E-state index contributed by atoms with van der Waals surface area (Å²) in [5, 5.41) is 0. The summed E-state index contributed by atoms with van der Waals surface area (Å²) in [6.07, 6.45) is 5.82. The zero-order valence-electron chi connectivity index (χ0n) is 11.1. The average molecular weight is 251 g/mol. The van der Waals surface area contributed by atoms with Crippen molar-refractivity contribution in [2.75, 3.05) is 13.6 Å². The van der Waals surface area contributed by atoms with Gasteiger partial charge in [-0.1, -0.05) is 12.8 Å². The molecule has 5 heteroatoms. The molecule has 1 aliphatic carbocycles. The number of aromatic nitrogens is 1. The molecule has 0 aliphatic heterocycles. The van der Waals surface area contributed by atoms with Crippen LogP contribution in [0, 0.1) is 12.8 Å². The number of nitrogens with zero attached hydrogens (tertiary/aromatic N) is 2. The van der Waals surface area contributed by atoms with Crippen molar-refractivity contribution >= 4 is 5.91 Å². The van der Waals surface area contributed by atoms with Crippen LogP contribution >= 0.6 is 0 Å². The minimum atomic E-state index is -0.0876. The molecule has 0 aromatic carbocycles. The molecule has 1 aromatic rings. The monoisotopic (exact) mass is 251 g/mol. The van der Waals surface area contributed by atoms with E-state index < -0.39 is 0 Å². The fraction of sp³-hybridized carbons (Fsp3) is 0.692. The maximum Gasteiger partial charge on any atom is 0.291 e. The van der Waals surface area contributed by atoms with E-state index in [4.69, 9.17) is 10.2 Å². The molecule has 0 saturated heterocycles. The van der Waals surface area contributed by atoms with E-state index in [9.17, 15) is 4.79 Å². The van der Waals surface area contributed by atoms with E-state index in [0.29, 0.717) is 23.9 Å². The second kappa shape index (κ2) is 5.52. The van der Waals surface area contributed by atoms with Crippen molar-refractivity contribution in [2.45, 2.75) is 38.6 Å². The van der Waals surface area contributed by atoms with Crippen LogP contribution in [0.25, 0.3) is 0 Å². The van der Waals surface area contributed by atoms with E-state index >= 15 is 0 Å². The highest BCUT2D eigenvalue weighted by molar-refractivity contribution is 5.92. The van der Waals surface area contributed by atoms with Crippen LogP contribution in [0.2, 0.25) is 0 Å². The highest BCUT2D eigenvalue weighted by Crippen LogP contribution is 2.28. The number of carbonyl (C=O) groups is 1. The number of carbonyl (C=O) groups excluding carboxylic acids is 1. The number of nitrogens with two attached hydrogens (primary N) is 1. The summed E-state index contributed by atoms with van der Waals surface area (Å²) < 4.78 is 5.17. The summed E-state index contributed by atoms with van der Waals surface area (Å²) in [6, 6.07) is 0.223. The highest BCUT2D eigenvalue weighted by Gasteiger charge is 2.31. The minimum Gasteiger partial charge on any atom is -0.438 e. The molecule has 0 bridgehead atoms. The molecule has 0 radical (unpaired) electrons. The van der Waals surface area contributed by atoms with Gasteiger partial charge in [0, 0.05) is 13.1 Å². The van der Waals surface area contributed by atoms with Crippen molar-refractivity contribution < 1.29 is 9.21 Å². The molecule has 1 fully saturated rings. The number of oxazole rings is 1. The van der Waals surface area contributed by atoms with E-state index in [-0.39, 0.29) is 11.9 Å². The summed E-state index contributed by atoms with van der Waals surface area (Å²) >= 11 is 0. The fourth-order valence-corrected chi connectivity index (χ4v) is 2.79. The Labute approximate surface area is 107 Å². The highest BCUT2D eigenvalue weighted by atomic mass is 16.3. The molecular formula is C13H21N3O2. The van der Waals surface area contributed by atoms with Gasteiger partial charge in [0.15, 0.2) is 6.39 Å². The minimum absolute atomic E-state index is 0.0876. The van der Waals surface area contributed by atoms with Gasteiger partial charge in [-0.05, 0) is 32.2 Å². The molecule has 2 atom stereocenters. The number of aryl methyl sites for hydroxylation is 1. The molecule has 2 N–H and O–H groups in total. The van der Waals surface area contributed by atoms with Gasteiger partial charge in [0.25, 0.3) is 5.91 Å². The summed E-state index contributed by atoms with van der Waals surface area (Å²) in [7, 11) is 1.84. The molecule has 1 heterocycles. The van der Waals surface area contributed by atoms with Crippen molar-refractivity contribution in [2.24, 2.45) is 11.7 Å². The number of hydrogen-bond donors (Lipinski definition) is 1. The van der Waals surface area contributed by atoms with Gasteiger partial charge in [-0.25, -0.2) is 4.98 Å². The van der Waals surface area contributed by atoms with Gasteiger partial charge in [-0.3, -0.25) is 4.79 Å². The van der Waals surface area contributed by atoms with Crippen LogP contribution < -0.4 is 5.73 Å². The Kier molecular flexibility index (Phi) is 4.01. The zero-order chi connectivity index (χ0) is 13.1. The summed E-state index contributed by atoms with van der Waals surface area (Å²) in [5.74, 6) is 0.658. The molecule has 1 aromatic heterocycles. The van der Waals surface area contributed by atoms with E-state index in [2.05, 4.69) is 4.98 Å². The van der Waals surface area contributed by atoms with Crippen molar-refractivity contribution in [3.8, 4) is 0 Å². The van der Waals surface area contributed by atoms with Crippen LogP contribution in [0.1, 0.15) is 41.9 Å². The molecule has 2 unspecified atom stereocenters. The van der Waals surface area contributed by atoms with Gasteiger partial charge in [0.2, 0.25) is 5.76 Å². The summed E-state index contributed by atoms with van der Waals surface area (Å²) in [5.41, 5.74) is 6.45.